The first-order valence-electron chi connectivity index (χ1n) is 6.41. The molecule has 2 rings (SSSR count). The molecule has 1 nitrogen and oxygen atoms in total. The number of halogens is 1. The minimum atomic E-state index is 0. The number of fused-ring (bicyclic) bond motifs is 1. The van der Waals surface area contributed by atoms with Gasteiger partial charge in [-0.2, -0.15) is 0 Å². The normalized spacial score (nSPS) is 12.4. The van der Waals surface area contributed by atoms with Crippen LogP contribution in [0.4, 0.5) is 0 Å². The standard InChI is InChI=1S/C16H21N.ClH/c1-12(2)10-11-16(17)15-9-5-7-13-6-3-4-8-14(13)15;/h3-9,12,16H,10-11,17H2,1-2H3;1H/t16-;/m0./s1. The lowest BCUT2D eigenvalue weighted by atomic mass is 9.94. The second kappa shape index (κ2) is 6.77. The summed E-state index contributed by atoms with van der Waals surface area (Å²) >= 11 is 0. The zero-order chi connectivity index (χ0) is 12.3. The lowest BCUT2D eigenvalue weighted by Crippen LogP contribution is -2.11. The van der Waals surface area contributed by atoms with Gasteiger partial charge in [0.25, 0.3) is 0 Å². The van der Waals surface area contributed by atoms with Gasteiger partial charge in [-0.25, -0.2) is 0 Å². The van der Waals surface area contributed by atoms with Crippen molar-refractivity contribution in [2.45, 2.75) is 32.7 Å². The molecule has 0 heterocycles. The van der Waals surface area contributed by atoms with Crippen LogP contribution in [0.1, 0.15) is 38.3 Å². The highest BCUT2D eigenvalue weighted by Gasteiger charge is 2.09. The maximum absolute atomic E-state index is 6.31. The predicted octanol–water partition coefficient (Wildman–Crippen LogP) is 4.70. The molecule has 0 bridgehead atoms. The Kier molecular flexibility index (Phi) is 5.64. The molecular formula is C16H22ClN. The predicted molar refractivity (Wildman–Crippen MR) is 82.2 cm³/mol. The molecule has 0 aliphatic heterocycles. The van der Waals surface area contributed by atoms with E-state index in [0.717, 1.165) is 12.3 Å². The van der Waals surface area contributed by atoms with Crippen molar-refractivity contribution in [3.05, 3.63) is 48.0 Å². The van der Waals surface area contributed by atoms with Crippen molar-refractivity contribution >= 4 is 23.2 Å². The minimum absolute atomic E-state index is 0. The third kappa shape index (κ3) is 3.47. The Balaban J connectivity index is 0.00000162. The first-order chi connectivity index (χ1) is 8.18. The van der Waals surface area contributed by atoms with Crippen LogP contribution >= 0.6 is 12.4 Å². The summed E-state index contributed by atoms with van der Waals surface area (Å²) < 4.78 is 0. The van der Waals surface area contributed by atoms with Crippen molar-refractivity contribution in [3.8, 4) is 0 Å². The van der Waals surface area contributed by atoms with Gasteiger partial charge >= 0.3 is 0 Å². The summed E-state index contributed by atoms with van der Waals surface area (Å²) in [7, 11) is 0. The average molecular weight is 264 g/mol. The molecule has 1 atom stereocenters. The lowest BCUT2D eigenvalue weighted by Gasteiger charge is -2.15. The molecule has 18 heavy (non-hydrogen) atoms. The van der Waals surface area contributed by atoms with E-state index in [0.29, 0.717) is 0 Å². The van der Waals surface area contributed by atoms with E-state index in [9.17, 15) is 0 Å². The molecule has 0 spiro atoms. The Morgan fingerprint density at radius 2 is 1.61 bits per heavy atom. The fourth-order valence-electron chi connectivity index (χ4n) is 2.24. The van der Waals surface area contributed by atoms with Crippen LogP contribution < -0.4 is 5.73 Å². The van der Waals surface area contributed by atoms with E-state index in [2.05, 4.69) is 56.3 Å². The number of rotatable bonds is 4. The second-order valence-corrected chi connectivity index (χ2v) is 5.15. The van der Waals surface area contributed by atoms with Gasteiger partial charge in [0.15, 0.2) is 0 Å². The molecule has 0 radical (unpaired) electrons. The molecule has 0 fully saturated rings. The van der Waals surface area contributed by atoms with Crippen LogP contribution in [-0.2, 0) is 0 Å². The quantitative estimate of drug-likeness (QED) is 0.850. The number of benzene rings is 2. The molecule has 0 saturated carbocycles. The van der Waals surface area contributed by atoms with E-state index < -0.39 is 0 Å². The van der Waals surface area contributed by atoms with Crippen LogP contribution in [0.5, 0.6) is 0 Å². The van der Waals surface area contributed by atoms with E-state index in [1.807, 2.05) is 0 Å². The lowest BCUT2D eigenvalue weighted by molar-refractivity contribution is 0.508. The van der Waals surface area contributed by atoms with E-state index >= 15 is 0 Å². The van der Waals surface area contributed by atoms with Gasteiger partial charge < -0.3 is 5.73 Å². The number of hydrogen-bond donors (Lipinski definition) is 1. The number of hydrogen-bond acceptors (Lipinski definition) is 1. The van der Waals surface area contributed by atoms with Crippen LogP contribution in [0.25, 0.3) is 10.8 Å². The summed E-state index contributed by atoms with van der Waals surface area (Å²) in [4.78, 5) is 0. The minimum Gasteiger partial charge on any atom is -0.324 e. The number of nitrogens with two attached hydrogens (primary N) is 1. The Hall–Kier alpha value is -1.05. The van der Waals surface area contributed by atoms with Crippen LogP contribution in [0.2, 0.25) is 0 Å². The van der Waals surface area contributed by atoms with Crippen molar-refractivity contribution in [1.82, 2.24) is 0 Å². The molecular weight excluding hydrogens is 242 g/mol. The zero-order valence-electron chi connectivity index (χ0n) is 11.1. The van der Waals surface area contributed by atoms with Crippen molar-refractivity contribution in [3.63, 3.8) is 0 Å². The van der Waals surface area contributed by atoms with Gasteiger partial charge in [0.2, 0.25) is 0 Å². The van der Waals surface area contributed by atoms with Crippen molar-refractivity contribution in [2.24, 2.45) is 11.7 Å². The van der Waals surface area contributed by atoms with E-state index in [1.54, 1.807) is 0 Å². The highest BCUT2D eigenvalue weighted by atomic mass is 35.5. The summed E-state index contributed by atoms with van der Waals surface area (Å²) in [5, 5.41) is 2.58. The second-order valence-electron chi connectivity index (χ2n) is 5.15. The van der Waals surface area contributed by atoms with E-state index in [4.69, 9.17) is 5.73 Å². The van der Waals surface area contributed by atoms with E-state index in [1.165, 1.54) is 22.8 Å². The van der Waals surface area contributed by atoms with Crippen LogP contribution in [0.15, 0.2) is 42.5 Å². The molecule has 2 heteroatoms. The summed E-state index contributed by atoms with van der Waals surface area (Å²) in [6.07, 6.45) is 2.25. The molecule has 2 aromatic rings. The topological polar surface area (TPSA) is 26.0 Å². The molecule has 98 valence electrons. The van der Waals surface area contributed by atoms with Crippen molar-refractivity contribution < 1.29 is 0 Å². The van der Waals surface area contributed by atoms with Gasteiger partial charge in [-0.3, -0.25) is 0 Å². The third-order valence-electron chi connectivity index (χ3n) is 3.28. The highest BCUT2D eigenvalue weighted by Crippen LogP contribution is 2.26. The van der Waals surface area contributed by atoms with Gasteiger partial charge in [-0.05, 0) is 35.1 Å². The summed E-state index contributed by atoms with van der Waals surface area (Å²) in [5.74, 6) is 0.719. The smallest absolute Gasteiger partial charge is 0.0301 e. The monoisotopic (exact) mass is 263 g/mol. The first kappa shape index (κ1) is 15.0. The first-order valence-corrected chi connectivity index (χ1v) is 6.41. The summed E-state index contributed by atoms with van der Waals surface area (Å²) in [6, 6.07) is 15.0. The Bertz CT molecular complexity index is 488. The molecule has 2 N–H and O–H groups in total. The van der Waals surface area contributed by atoms with Gasteiger partial charge in [0, 0.05) is 6.04 Å². The van der Waals surface area contributed by atoms with Crippen LogP contribution in [0, 0.1) is 5.92 Å². The van der Waals surface area contributed by atoms with Crippen LogP contribution in [0.3, 0.4) is 0 Å². The Morgan fingerprint density at radius 1 is 0.944 bits per heavy atom. The molecule has 0 unspecified atom stereocenters. The van der Waals surface area contributed by atoms with Gasteiger partial charge in [-0.15, -0.1) is 12.4 Å². The molecule has 0 saturated heterocycles. The Labute approximate surface area is 116 Å². The zero-order valence-corrected chi connectivity index (χ0v) is 11.9. The van der Waals surface area contributed by atoms with Gasteiger partial charge in [-0.1, -0.05) is 56.3 Å². The molecule has 0 aliphatic rings. The fourth-order valence-corrected chi connectivity index (χ4v) is 2.24. The summed E-state index contributed by atoms with van der Waals surface area (Å²) in [5.41, 5.74) is 7.59. The summed E-state index contributed by atoms with van der Waals surface area (Å²) in [6.45, 7) is 4.49. The molecule has 0 amide bonds. The third-order valence-corrected chi connectivity index (χ3v) is 3.28. The van der Waals surface area contributed by atoms with E-state index in [-0.39, 0.29) is 18.4 Å². The average Bonchev–Trinajstić information content (AvgIpc) is 2.35. The van der Waals surface area contributed by atoms with Crippen molar-refractivity contribution in [1.29, 1.82) is 0 Å². The highest BCUT2D eigenvalue weighted by molar-refractivity contribution is 5.86. The molecule has 0 aliphatic carbocycles. The largest absolute Gasteiger partial charge is 0.324 e. The SMILES string of the molecule is CC(C)CC[C@H](N)c1cccc2ccccc12.Cl. The van der Waals surface area contributed by atoms with Crippen LogP contribution in [-0.4, -0.2) is 0 Å². The molecule has 0 aromatic heterocycles. The Morgan fingerprint density at radius 3 is 2.33 bits per heavy atom. The molecule has 2 aromatic carbocycles. The maximum Gasteiger partial charge on any atom is 0.0301 e. The van der Waals surface area contributed by atoms with Gasteiger partial charge in [0.1, 0.15) is 0 Å². The van der Waals surface area contributed by atoms with Gasteiger partial charge in [0.05, 0.1) is 0 Å². The van der Waals surface area contributed by atoms with Crippen molar-refractivity contribution in [2.75, 3.05) is 0 Å². The maximum atomic E-state index is 6.31. The fraction of sp³-hybridized carbons (Fsp3) is 0.375.